The number of carbonyl (C=O) groups excluding carboxylic acids is 2. The third-order valence-corrected chi connectivity index (χ3v) is 8.78. The minimum absolute atomic E-state index is 0.0644. The Balaban J connectivity index is 1.63. The van der Waals surface area contributed by atoms with Crippen molar-refractivity contribution in [3.05, 3.63) is 46.5 Å². The van der Waals surface area contributed by atoms with Crippen LogP contribution in [0, 0.1) is 22.7 Å². The molecule has 1 saturated heterocycles. The van der Waals surface area contributed by atoms with Crippen molar-refractivity contribution >= 4 is 28.3 Å². The molecule has 0 radical (unpaired) electrons. The first-order valence-corrected chi connectivity index (χ1v) is 14.0. The largest absolute Gasteiger partial charge is 0.416 e. The Kier molecular flexibility index (Phi) is 8.56. The highest BCUT2D eigenvalue weighted by molar-refractivity contribution is 7.13. The summed E-state index contributed by atoms with van der Waals surface area (Å²) in [6.07, 6.45) is -5.10. The number of nitrogens with zero attached hydrogens (tertiary/aromatic N) is 1. The van der Waals surface area contributed by atoms with Gasteiger partial charge < -0.3 is 16.0 Å². The van der Waals surface area contributed by atoms with E-state index in [-0.39, 0.29) is 17.5 Å². The molecule has 1 saturated carbocycles. The number of hydrogen-bond acceptors (Lipinski definition) is 5. The van der Waals surface area contributed by atoms with E-state index in [0.29, 0.717) is 55.5 Å². The quantitative estimate of drug-likeness (QED) is 0.302. The number of hydrogen-bond donors (Lipinski definition) is 3. The molecule has 2 aromatic rings. The van der Waals surface area contributed by atoms with Crippen molar-refractivity contribution < 1.29 is 35.9 Å². The lowest BCUT2D eigenvalue weighted by Gasteiger charge is -2.48. The minimum Gasteiger partial charge on any atom is -0.352 e. The fraction of sp³-hybridized carbons (Fsp3) is 0.593. The summed E-state index contributed by atoms with van der Waals surface area (Å²) in [5, 5.41) is 10.9. The summed E-state index contributed by atoms with van der Waals surface area (Å²) in [6, 6.07) is 1.31. The zero-order valence-electron chi connectivity index (χ0n) is 22.1. The van der Waals surface area contributed by atoms with Gasteiger partial charge in [0.25, 0.3) is 0 Å². The van der Waals surface area contributed by atoms with Gasteiger partial charge in [-0.25, -0.2) is 4.98 Å². The zero-order chi connectivity index (χ0) is 29.3. The molecule has 0 spiro atoms. The van der Waals surface area contributed by atoms with E-state index in [1.54, 1.807) is 25.4 Å². The number of alkyl halides is 6. The van der Waals surface area contributed by atoms with Crippen molar-refractivity contribution in [3.63, 3.8) is 0 Å². The molecule has 1 atom stereocenters. The predicted octanol–water partition coefficient (Wildman–Crippen LogP) is 6.25. The van der Waals surface area contributed by atoms with Gasteiger partial charge in [0.05, 0.1) is 16.5 Å². The van der Waals surface area contributed by atoms with Crippen LogP contribution in [0.3, 0.4) is 0 Å². The molecule has 1 aromatic carbocycles. The first-order chi connectivity index (χ1) is 18.6. The van der Waals surface area contributed by atoms with E-state index < -0.39 is 52.7 Å². The van der Waals surface area contributed by atoms with E-state index in [0.717, 1.165) is 12.8 Å². The van der Waals surface area contributed by atoms with Gasteiger partial charge >= 0.3 is 12.4 Å². The lowest BCUT2D eigenvalue weighted by atomic mass is 9.57. The van der Waals surface area contributed by atoms with E-state index in [4.69, 9.17) is 0 Å². The number of carbonyl (C=O) groups is 2. The highest BCUT2D eigenvalue weighted by Crippen LogP contribution is 2.53. The molecular weight excluding hydrogens is 558 g/mol. The molecule has 220 valence electrons. The van der Waals surface area contributed by atoms with E-state index in [2.05, 4.69) is 20.9 Å². The lowest BCUT2D eigenvalue weighted by Crippen LogP contribution is -2.57. The molecule has 13 heteroatoms. The topological polar surface area (TPSA) is 83.1 Å². The van der Waals surface area contributed by atoms with Crippen molar-refractivity contribution in [2.75, 3.05) is 18.4 Å². The second kappa shape index (κ2) is 11.3. The maximum atomic E-state index is 14.0. The van der Waals surface area contributed by atoms with Crippen LogP contribution in [0.4, 0.5) is 31.5 Å². The van der Waals surface area contributed by atoms with Crippen LogP contribution in [0.2, 0.25) is 0 Å². The van der Waals surface area contributed by atoms with Crippen LogP contribution in [0.15, 0.2) is 29.8 Å². The average molecular weight is 591 g/mol. The molecule has 4 rings (SSSR count). The summed E-state index contributed by atoms with van der Waals surface area (Å²) in [5.41, 5.74) is -5.25. The molecule has 40 heavy (non-hydrogen) atoms. The van der Waals surface area contributed by atoms with Crippen molar-refractivity contribution in [3.8, 4) is 0 Å². The molecular formula is C27H32F6N4O2S. The van der Waals surface area contributed by atoms with E-state index in [1.165, 1.54) is 11.3 Å². The Morgan fingerprint density at radius 1 is 1.05 bits per heavy atom. The summed E-state index contributed by atoms with van der Waals surface area (Å²) in [4.78, 5) is 31.6. The van der Waals surface area contributed by atoms with Crippen LogP contribution < -0.4 is 16.0 Å². The Morgan fingerprint density at radius 3 is 2.15 bits per heavy atom. The van der Waals surface area contributed by atoms with Gasteiger partial charge in [-0.05, 0) is 68.0 Å². The van der Waals surface area contributed by atoms with Crippen LogP contribution in [0.5, 0.6) is 0 Å². The number of halogens is 6. The molecule has 1 aliphatic heterocycles. The Hall–Kier alpha value is -2.67. The van der Waals surface area contributed by atoms with Crippen molar-refractivity contribution in [1.29, 1.82) is 0 Å². The molecule has 1 aromatic heterocycles. The SMILES string of the molecule is CC(C)(C(=O)Nc1nccs1)C(CC1CC1)C1(C(=O)NCc2cc(C(F)(F)F)cc(C(F)(F)F)c2)CCNCC1. The lowest BCUT2D eigenvalue weighted by molar-refractivity contribution is -0.146. The highest BCUT2D eigenvalue weighted by Gasteiger charge is 2.55. The van der Waals surface area contributed by atoms with Crippen LogP contribution in [0.25, 0.3) is 0 Å². The summed E-state index contributed by atoms with van der Waals surface area (Å²) in [5.74, 6) is -0.858. The number of rotatable bonds is 9. The molecule has 2 heterocycles. The van der Waals surface area contributed by atoms with Gasteiger partial charge in [0.1, 0.15) is 0 Å². The number of piperidine rings is 1. The maximum absolute atomic E-state index is 14.0. The monoisotopic (exact) mass is 590 g/mol. The van der Waals surface area contributed by atoms with E-state index in [1.807, 2.05) is 0 Å². The summed E-state index contributed by atoms with van der Waals surface area (Å²) in [7, 11) is 0. The summed E-state index contributed by atoms with van der Waals surface area (Å²) < 4.78 is 80.2. The summed E-state index contributed by atoms with van der Waals surface area (Å²) >= 11 is 1.27. The van der Waals surface area contributed by atoms with E-state index in [9.17, 15) is 35.9 Å². The zero-order valence-corrected chi connectivity index (χ0v) is 23.0. The average Bonchev–Trinajstić information content (AvgIpc) is 3.57. The number of thiazole rings is 1. The second-order valence-electron chi connectivity index (χ2n) is 11.2. The highest BCUT2D eigenvalue weighted by atomic mass is 32.1. The number of anilines is 1. The Labute approximate surface area is 232 Å². The van der Waals surface area contributed by atoms with Crippen molar-refractivity contribution in [1.82, 2.24) is 15.6 Å². The van der Waals surface area contributed by atoms with Crippen molar-refractivity contribution in [2.24, 2.45) is 22.7 Å². The molecule has 6 nitrogen and oxygen atoms in total. The first kappa shape index (κ1) is 30.3. The molecule has 0 bridgehead atoms. The van der Waals surface area contributed by atoms with Gasteiger partial charge in [-0.2, -0.15) is 26.3 Å². The van der Waals surface area contributed by atoms with Crippen LogP contribution in [0.1, 0.15) is 62.6 Å². The van der Waals surface area contributed by atoms with Crippen LogP contribution in [-0.4, -0.2) is 29.9 Å². The van der Waals surface area contributed by atoms with Gasteiger partial charge in [0.2, 0.25) is 11.8 Å². The van der Waals surface area contributed by atoms with Gasteiger partial charge in [0, 0.05) is 23.5 Å². The third-order valence-electron chi connectivity index (χ3n) is 8.09. The molecule has 2 amide bonds. The number of nitrogens with one attached hydrogen (secondary N) is 3. The van der Waals surface area contributed by atoms with E-state index >= 15 is 0 Å². The molecule has 1 aliphatic carbocycles. The minimum atomic E-state index is -4.99. The van der Waals surface area contributed by atoms with Crippen molar-refractivity contribution in [2.45, 2.75) is 64.8 Å². The summed E-state index contributed by atoms with van der Waals surface area (Å²) in [6.45, 7) is 4.02. The fourth-order valence-corrected chi connectivity index (χ4v) is 6.21. The second-order valence-corrected chi connectivity index (χ2v) is 12.1. The Morgan fingerprint density at radius 2 is 1.65 bits per heavy atom. The molecule has 2 fully saturated rings. The van der Waals surface area contributed by atoms with Gasteiger partial charge in [-0.15, -0.1) is 11.3 Å². The first-order valence-electron chi connectivity index (χ1n) is 13.1. The Bertz CT molecular complexity index is 1170. The normalized spacial score (nSPS) is 18.7. The fourth-order valence-electron chi connectivity index (χ4n) is 5.69. The number of amides is 2. The standard InChI is InChI=1S/C27H32F6N4O2S/c1-24(2,21(38)37-23-35-9-10-40-23)20(13-16-3-4-16)25(5-7-34-8-6-25)22(39)36-15-17-11-18(26(28,29)30)14-19(12-17)27(31,32)33/h9-12,14,16,20,34H,3-8,13,15H2,1-2H3,(H,36,39)(H,35,37,38). The smallest absolute Gasteiger partial charge is 0.352 e. The maximum Gasteiger partial charge on any atom is 0.416 e. The molecule has 1 unspecified atom stereocenters. The number of benzene rings is 1. The van der Waals surface area contributed by atoms with Crippen LogP contribution in [-0.2, 0) is 28.5 Å². The molecule has 2 aliphatic rings. The van der Waals surface area contributed by atoms with Gasteiger partial charge in [-0.1, -0.05) is 26.7 Å². The molecule has 3 N–H and O–H groups in total. The van der Waals surface area contributed by atoms with Gasteiger partial charge in [0.15, 0.2) is 5.13 Å². The van der Waals surface area contributed by atoms with Crippen LogP contribution >= 0.6 is 11.3 Å². The predicted molar refractivity (Wildman–Crippen MR) is 138 cm³/mol. The van der Waals surface area contributed by atoms with Gasteiger partial charge in [-0.3, -0.25) is 9.59 Å². The number of aromatic nitrogens is 1. The third kappa shape index (κ3) is 6.79.